The van der Waals surface area contributed by atoms with Gasteiger partial charge in [-0.05, 0) is 30.5 Å². The molecule has 1 aromatic rings. The summed E-state index contributed by atoms with van der Waals surface area (Å²) in [6.45, 7) is 0.884. The zero-order valence-electron chi connectivity index (χ0n) is 12.9. The molecule has 2 atom stereocenters. The van der Waals surface area contributed by atoms with E-state index in [-0.39, 0.29) is 11.8 Å². The number of nitrogens with two attached hydrogens (primary N) is 1. The van der Waals surface area contributed by atoms with Crippen molar-refractivity contribution in [3.05, 3.63) is 35.4 Å². The van der Waals surface area contributed by atoms with Gasteiger partial charge in [0.05, 0.1) is 0 Å². The van der Waals surface area contributed by atoms with Gasteiger partial charge in [0.25, 0.3) is 6.43 Å². The normalized spacial score (nSPS) is 30.4. The standard InChI is InChI=1S/C17H22F2N2O2/c18-15(19)10-23-17(12-4-1-3-11(7-12)16(20)22)13-5-2-6-14(17)9-21-8-13/h1,3-4,7,13-15,21H,2,5-6,8-10H2,(H2,20,22). The topological polar surface area (TPSA) is 64.4 Å². The van der Waals surface area contributed by atoms with Gasteiger partial charge in [-0.25, -0.2) is 8.78 Å². The maximum Gasteiger partial charge on any atom is 0.261 e. The van der Waals surface area contributed by atoms with Gasteiger partial charge in [-0.3, -0.25) is 4.79 Å². The van der Waals surface area contributed by atoms with Gasteiger partial charge in [-0.1, -0.05) is 18.6 Å². The number of ether oxygens (including phenoxy) is 1. The van der Waals surface area contributed by atoms with Crippen molar-refractivity contribution in [1.29, 1.82) is 0 Å². The first kappa shape index (κ1) is 16.3. The number of benzene rings is 1. The molecule has 2 unspecified atom stereocenters. The summed E-state index contributed by atoms with van der Waals surface area (Å²) in [7, 11) is 0. The number of nitrogens with one attached hydrogen (secondary N) is 1. The van der Waals surface area contributed by atoms with Crippen LogP contribution in [0.4, 0.5) is 8.78 Å². The van der Waals surface area contributed by atoms with Crippen molar-refractivity contribution in [2.24, 2.45) is 17.6 Å². The second-order valence-corrected chi connectivity index (χ2v) is 6.42. The molecule has 126 valence electrons. The number of carbonyl (C=O) groups is 1. The SMILES string of the molecule is NC(=O)c1cccc(C2(OCC(F)F)C3CCCC2CNC3)c1. The Morgan fingerprint density at radius 3 is 2.65 bits per heavy atom. The number of fused-ring (bicyclic) bond motifs is 2. The summed E-state index contributed by atoms with van der Waals surface area (Å²) in [5.74, 6) is -0.274. The second kappa shape index (κ2) is 6.53. The van der Waals surface area contributed by atoms with E-state index < -0.39 is 24.5 Å². The van der Waals surface area contributed by atoms with E-state index in [1.807, 2.05) is 6.07 Å². The number of piperidine rings is 1. The van der Waals surface area contributed by atoms with Crippen LogP contribution in [0.25, 0.3) is 0 Å². The number of primary amides is 1. The van der Waals surface area contributed by atoms with E-state index in [0.717, 1.165) is 37.9 Å². The lowest BCUT2D eigenvalue weighted by Gasteiger charge is -2.53. The molecule has 4 nitrogen and oxygen atoms in total. The molecule has 6 heteroatoms. The van der Waals surface area contributed by atoms with E-state index in [4.69, 9.17) is 10.5 Å². The van der Waals surface area contributed by atoms with E-state index in [1.54, 1.807) is 18.2 Å². The first-order valence-electron chi connectivity index (χ1n) is 8.07. The second-order valence-electron chi connectivity index (χ2n) is 6.42. The molecule has 2 fully saturated rings. The smallest absolute Gasteiger partial charge is 0.261 e. The predicted octanol–water partition coefficient (Wildman–Crippen LogP) is 2.28. The van der Waals surface area contributed by atoms with Crippen molar-refractivity contribution in [3.8, 4) is 0 Å². The highest BCUT2D eigenvalue weighted by molar-refractivity contribution is 5.92. The minimum atomic E-state index is -2.51. The molecule has 1 aliphatic heterocycles. The zero-order chi connectivity index (χ0) is 16.4. The number of hydrogen-bond donors (Lipinski definition) is 2. The molecule has 0 aromatic heterocycles. The van der Waals surface area contributed by atoms with Gasteiger partial charge in [-0.2, -0.15) is 0 Å². The van der Waals surface area contributed by atoms with E-state index in [0.29, 0.717) is 5.56 Å². The van der Waals surface area contributed by atoms with Crippen LogP contribution in [-0.4, -0.2) is 32.0 Å². The lowest BCUT2D eigenvalue weighted by molar-refractivity contribution is -0.183. The number of hydrogen-bond acceptors (Lipinski definition) is 3. The predicted molar refractivity (Wildman–Crippen MR) is 82.3 cm³/mol. The molecule has 1 saturated carbocycles. The van der Waals surface area contributed by atoms with Crippen LogP contribution < -0.4 is 11.1 Å². The van der Waals surface area contributed by atoms with Crippen LogP contribution in [0.1, 0.15) is 35.2 Å². The lowest BCUT2D eigenvalue weighted by Crippen LogP contribution is -2.58. The number of alkyl halides is 2. The highest BCUT2D eigenvalue weighted by Gasteiger charge is 2.52. The summed E-state index contributed by atoms with van der Waals surface area (Å²) >= 11 is 0. The molecule has 1 aromatic carbocycles. The first-order valence-corrected chi connectivity index (χ1v) is 8.07. The fraction of sp³-hybridized carbons (Fsp3) is 0.588. The number of carbonyl (C=O) groups excluding carboxylic acids is 1. The first-order chi connectivity index (χ1) is 11.0. The molecule has 2 aliphatic rings. The maximum atomic E-state index is 12.8. The Morgan fingerprint density at radius 2 is 2.04 bits per heavy atom. The summed E-state index contributed by atoms with van der Waals surface area (Å²) in [5.41, 5.74) is 5.81. The van der Waals surface area contributed by atoms with Crippen LogP contribution in [0.5, 0.6) is 0 Å². The van der Waals surface area contributed by atoms with E-state index in [9.17, 15) is 13.6 Å². The molecule has 3 N–H and O–H groups in total. The largest absolute Gasteiger partial charge is 0.366 e. The van der Waals surface area contributed by atoms with Gasteiger partial charge in [0.2, 0.25) is 5.91 Å². The van der Waals surface area contributed by atoms with Gasteiger partial charge in [0.1, 0.15) is 12.2 Å². The lowest BCUT2D eigenvalue weighted by atomic mass is 9.62. The Morgan fingerprint density at radius 1 is 1.35 bits per heavy atom. The Hall–Kier alpha value is -1.53. The molecular formula is C17H22F2N2O2. The molecule has 1 aliphatic carbocycles. The van der Waals surface area contributed by atoms with Gasteiger partial charge < -0.3 is 15.8 Å². The fourth-order valence-corrected chi connectivity index (χ4v) is 4.22. The Balaban J connectivity index is 2.04. The molecule has 0 spiro atoms. The van der Waals surface area contributed by atoms with Crippen molar-refractivity contribution >= 4 is 5.91 Å². The Bertz CT molecular complexity index is 557. The monoisotopic (exact) mass is 324 g/mol. The third-order valence-electron chi connectivity index (χ3n) is 5.15. The molecule has 0 radical (unpaired) electrons. The molecule has 3 rings (SSSR count). The van der Waals surface area contributed by atoms with Crippen LogP contribution in [0, 0.1) is 11.8 Å². The van der Waals surface area contributed by atoms with Crippen LogP contribution in [0.3, 0.4) is 0 Å². The fourth-order valence-electron chi connectivity index (χ4n) is 4.22. The summed E-state index contributed by atoms with van der Waals surface area (Å²) in [5, 5.41) is 3.38. The van der Waals surface area contributed by atoms with Gasteiger partial charge in [0.15, 0.2) is 0 Å². The molecule has 1 heterocycles. The Labute approximate surface area is 134 Å². The number of rotatable bonds is 5. The average molecular weight is 324 g/mol. The summed E-state index contributed by atoms with van der Waals surface area (Å²) in [4.78, 5) is 11.5. The highest BCUT2D eigenvalue weighted by atomic mass is 19.3. The van der Waals surface area contributed by atoms with Crippen LogP contribution in [0.15, 0.2) is 24.3 Å². The maximum absolute atomic E-state index is 12.8. The number of amides is 1. The number of halogens is 2. The van der Waals surface area contributed by atoms with Crippen LogP contribution >= 0.6 is 0 Å². The van der Waals surface area contributed by atoms with Gasteiger partial charge in [-0.15, -0.1) is 0 Å². The van der Waals surface area contributed by atoms with Crippen molar-refractivity contribution in [2.75, 3.05) is 19.7 Å². The van der Waals surface area contributed by atoms with E-state index >= 15 is 0 Å². The molecule has 23 heavy (non-hydrogen) atoms. The van der Waals surface area contributed by atoms with E-state index in [2.05, 4.69) is 5.32 Å². The quantitative estimate of drug-likeness (QED) is 0.873. The van der Waals surface area contributed by atoms with Crippen LogP contribution in [0.2, 0.25) is 0 Å². The average Bonchev–Trinajstić information content (AvgIpc) is 2.52. The Kier molecular flexibility index (Phi) is 4.64. The van der Waals surface area contributed by atoms with Crippen molar-refractivity contribution in [1.82, 2.24) is 5.32 Å². The summed E-state index contributed by atoms with van der Waals surface area (Å²) in [6.07, 6.45) is 0.412. The summed E-state index contributed by atoms with van der Waals surface area (Å²) < 4.78 is 31.6. The van der Waals surface area contributed by atoms with Crippen molar-refractivity contribution < 1.29 is 18.3 Å². The molecule has 1 saturated heterocycles. The van der Waals surface area contributed by atoms with E-state index in [1.165, 1.54) is 0 Å². The molecular weight excluding hydrogens is 302 g/mol. The van der Waals surface area contributed by atoms with Crippen molar-refractivity contribution in [3.63, 3.8) is 0 Å². The zero-order valence-corrected chi connectivity index (χ0v) is 12.9. The third-order valence-corrected chi connectivity index (χ3v) is 5.15. The van der Waals surface area contributed by atoms with Crippen molar-refractivity contribution in [2.45, 2.75) is 31.3 Å². The molecule has 2 bridgehead atoms. The summed E-state index contributed by atoms with van der Waals surface area (Å²) in [6, 6.07) is 6.98. The van der Waals surface area contributed by atoms with Gasteiger partial charge in [0, 0.05) is 30.5 Å². The highest BCUT2D eigenvalue weighted by Crippen LogP contribution is 2.50. The molecule has 1 amide bonds. The minimum absolute atomic E-state index is 0.122. The van der Waals surface area contributed by atoms with Crippen LogP contribution in [-0.2, 0) is 10.3 Å². The third kappa shape index (κ3) is 2.97. The van der Waals surface area contributed by atoms with Gasteiger partial charge >= 0.3 is 0 Å². The minimum Gasteiger partial charge on any atom is -0.366 e.